The second-order valence-corrected chi connectivity index (χ2v) is 9.06. The van der Waals surface area contributed by atoms with Crippen LogP contribution in [0.4, 0.5) is 5.69 Å². The third-order valence-electron chi connectivity index (χ3n) is 5.05. The van der Waals surface area contributed by atoms with Crippen LogP contribution >= 0.6 is 23.1 Å². The molecule has 3 aromatic rings. The Hall–Kier alpha value is -2.71. The predicted octanol–water partition coefficient (Wildman–Crippen LogP) is 3.90. The van der Waals surface area contributed by atoms with Crippen molar-refractivity contribution in [3.63, 3.8) is 0 Å². The Morgan fingerprint density at radius 3 is 2.83 bits per heavy atom. The molecule has 1 unspecified atom stereocenters. The normalized spacial score (nSPS) is 15.9. The summed E-state index contributed by atoms with van der Waals surface area (Å²) < 4.78 is 0. The predicted molar refractivity (Wildman–Crippen MR) is 122 cm³/mol. The number of thiazole rings is 1. The highest BCUT2D eigenvalue weighted by Crippen LogP contribution is 2.26. The van der Waals surface area contributed by atoms with Gasteiger partial charge in [0.1, 0.15) is 11.0 Å². The number of hydrogen-bond donors (Lipinski definition) is 1. The van der Waals surface area contributed by atoms with Crippen molar-refractivity contribution in [1.82, 2.24) is 14.9 Å². The number of anilines is 1. The fraction of sp³-hybridized carbons (Fsp3) is 0.273. The molecule has 6 nitrogen and oxygen atoms in total. The van der Waals surface area contributed by atoms with E-state index in [9.17, 15) is 9.59 Å². The summed E-state index contributed by atoms with van der Waals surface area (Å²) >= 11 is 3.06. The van der Waals surface area contributed by atoms with Crippen LogP contribution in [-0.4, -0.2) is 44.4 Å². The molecule has 2 aromatic heterocycles. The number of aromatic nitrogens is 2. The first-order chi connectivity index (χ1) is 14.5. The number of carbonyl (C=O) groups excluding carboxylic acids is 2. The van der Waals surface area contributed by atoms with Crippen molar-refractivity contribution in [3.05, 3.63) is 64.8 Å². The molecule has 154 valence electrons. The summed E-state index contributed by atoms with van der Waals surface area (Å²) in [5, 5.41) is 5.63. The van der Waals surface area contributed by atoms with E-state index >= 15 is 0 Å². The van der Waals surface area contributed by atoms with Gasteiger partial charge in [-0.05, 0) is 49.2 Å². The summed E-state index contributed by atoms with van der Waals surface area (Å²) in [6.45, 7) is 4.05. The first kappa shape index (κ1) is 20.6. The van der Waals surface area contributed by atoms with Crippen molar-refractivity contribution in [1.29, 1.82) is 0 Å². The molecule has 0 radical (unpaired) electrons. The molecular formula is C22H22N4O2S2. The van der Waals surface area contributed by atoms with Crippen molar-refractivity contribution < 1.29 is 9.59 Å². The van der Waals surface area contributed by atoms with Crippen molar-refractivity contribution in [2.75, 3.05) is 16.9 Å². The minimum absolute atomic E-state index is 0.0851. The zero-order valence-corrected chi connectivity index (χ0v) is 18.4. The largest absolute Gasteiger partial charge is 0.324 e. The lowest BCUT2D eigenvalue weighted by molar-refractivity contribution is -0.135. The van der Waals surface area contributed by atoms with E-state index in [-0.39, 0.29) is 18.2 Å². The van der Waals surface area contributed by atoms with Crippen LogP contribution in [0.1, 0.15) is 16.8 Å². The van der Waals surface area contributed by atoms with E-state index in [1.807, 2.05) is 55.6 Å². The highest BCUT2D eigenvalue weighted by molar-refractivity contribution is 7.99. The summed E-state index contributed by atoms with van der Waals surface area (Å²) in [5.74, 6) is 0.877. The molecule has 1 saturated heterocycles. The molecule has 8 heteroatoms. The molecule has 0 saturated carbocycles. The second kappa shape index (κ2) is 8.97. The summed E-state index contributed by atoms with van der Waals surface area (Å²) in [7, 11) is 0. The topological polar surface area (TPSA) is 75.2 Å². The minimum Gasteiger partial charge on any atom is -0.324 e. The van der Waals surface area contributed by atoms with Gasteiger partial charge >= 0.3 is 0 Å². The highest BCUT2D eigenvalue weighted by atomic mass is 32.2. The molecule has 1 fully saturated rings. The van der Waals surface area contributed by atoms with Gasteiger partial charge in [-0.1, -0.05) is 12.1 Å². The number of benzene rings is 1. The Labute approximate surface area is 183 Å². The fourth-order valence-electron chi connectivity index (χ4n) is 3.20. The van der Waals surface area contributed by atoms with Crippen molar-refractivity contribution >= 4 is 40.6 Å². The molecule has 1 N–H and O–H groups in total. The van der Waals surface area contributed by atoms with E-state index in [1.165, 1.54) is 16.9 Å². The van der Waals surface area contributed by atoms with Crippen LogP contribution in [-0.2, 0) is 16.0 Å². The first-order valence-corrected chi connectivity index (χ1v) is 11.7. The average molecular weight is 439 g/mol. The highest BCUT2D eigenvalue weighted by Gasteiger charge is 2.34. The molecule has 0 aliphatic carbocycles. The Kier molecular flexibility index (Phi) is 6.15. The fourth-order valence-corrected chi connectivity index (χ4v) is 5.18. The maximum absolute atomic E-state index is 12.9. The van der Waals surface area contributed by atoms with Gasteiger partial charge in [0.25, 0.3) is 0 Å². The van der Waals surface area contributed by atoms with E-state index in [2.05, 4.69) is 15.3 Å². The van der Waals surface area contributed by atoms with Crippen LogP contribution < -0.4 is 5.32 Å². The summed E-state index contributed by atoms with van der Waals surface area (Å²) in [4.78, 5) is 36.2. The third-order valence-corrected chi connectivity index (χ3v) is 6.97. The first-order valence-electron chi connectivity index (χ1n) is 9.62. The Balaban J connectivity index is 1.41. The molecule has 1 atom stereocenters. The minimum atomic E-state index is -0.474. The van der Waals surface area contributed by atoms with Crippen molar-refractivity contribution in [2.45, 2.75) is 26.3 Å². The number of nitrogens with zero attached hydrogens (tertiary/aromatic N) is 3. The number of carbonyl (C=O) groups is 2. The number of hydrogen-bond acceptors (Lipinski definition) is 6. The van der Waals surface area contributed by atoms with Gasteiger partial charge in [0, 0.05) is 23.0 Å². The van der Waals surface area contributed by atoms with Gasteiger partial charge in [0.15, 0.2) is 0 Å². The van der Waals surface area contributed by atoms with Crippen molar-refractivity contribution in [2.24, 2.45) is 0 Å². The molecule has 2 amide bonds. The molecule has 1 aliphatic heterocycles. The molecular weight excluding hydrogens is 416 g/mol. The lowest BCUT2D eigenvalue weighted by atomic mass is 10.1. The van der Waals surface area contributed by atoms with Crippen LogP contribution in [0.2, 0.25) is 0 Å². The Morgan fingerprint density at radius 2 is 2.07 bits per heavy atom. The van der Waals surface area contributed by atoms with Crippen LogP contribution in [0.25, 0.3) is 10.7 Å². The van der Waals surface area contributed by atoms with E-state index in [4.69, 9.17) is 0 Å². The summed E-state index contributed by atoms with van der Waals surface area (Å²) in [6.07, 6.45) is 1.90. The third kappa shape index (κ3) is 4.55. The van der Waals surface area contributed by atoms with Gasteiger partial charge in [-0.25, -0.2) is 4.98 Å². The molecule has 0 bridgehead atoms. The molecule has 1 aromatic carbocycles. The van der Waals surface area contributed by atoms with Crippen LogP contribution in [0.5, 0.6) is 0 Å². The second-order valence-electron chi connectivity index (χ2n) is 7.20. The van der Waals surface area contributed by atoms with Gasteiger partial charge in [0.05, 0.1) is 23.7 Å². The molecule has 0 spiro atoms. The van der Waals surface area contributed by atoms with E-state index < -0.39 is 6.04 Å². The summed E-state index contributed by atoms with van der Waals surface area (Å²) in [6, 6.07) is 11.0. The Morgan fingerprint density at radius 1 is 1.20 bits per heavy atom. The molecule has 4 rings (SSSR count). The summed E-state index contributed by atoms with van der Waals surface area (Å²) in [5.41, 5.74) is 4.55. The van der Waals surface area contributed by atoms with Gasteiger partial charge < -0.3 is 10.2 Å². The standard InChI is InChI=1S/C22H22N4O2S2/c1-14-6-7-16(9-15(14)2)24-21(28)19-12-29-13-26(19)20(27)10-17-11-30-22(25-17)18-5-3-4-8-23-18/h3-9,11,19H,10,12-13H2,1-2H3,(H,24,28). The zero-order valence-electron chi connectivity index (χ0n) is 16.8. The van der Waals surface area contributed by atoms with Crippen molar-refractivity contribution in [3.8, 4) is 10.7 Å². The lowest BCUT2D eigenvalue weighted by Crippen LogP contribution is -2.45. The van der Waals surface area contributed by atoms with Gasteiger partial charge in [-0.2, -0.15) is 0 Å². The SMILES string of the molecule is Cc1ccc(NC(=O)C2CSCN2C(=O)Cc2csc(-c3ccccn3)n2)cc1C. The maximum atomic E-state index is 12.9. The van der Waals surface area contributed by atoms with Crippen LogP contribution in [0, 0.1) is 13.8 Å². The number of pyridine rings is 1. The van der Waals surface area contributed by atoms with Gasteiger partial charge in [0.2, 0.25) is 11.8 Å². The number of amides is 2. The smallest absolute Gasteiger partial charge is 0.248 e. The zero-order chi connectivity index (χ0) is 21.1. The Bertz CT molecular complexity index is 1070. The van der Waals surface area contributed by atoms with Gasteiger partial charge in [-0.15, -0.1) is 23.1 Å². The monoisotopic (exact) mass is 438 g/mol. The number of rotatable bonds is 5. The van der Waals surface area contributed by atoms with Crippen LogP contribution in [0.15, 0.2) is 48.0 Å². The van der Waals surface area contributed by atoms with E-state index in [0.717, 1.165) is 22.0 Å². The molecule has 1 aliphatic rings. The number of thioether (sulfide) groups is 1. The molecule has 3 heterocycles. The van der Waals surface area contributed by atoms with E-state index in [0.29, 0.717) is 17.3 Å². The maximum Gasteiger partial charge on any atom is 0.248 e. The van der Waals surface area contributed by atoms with E-state index in [1.54, 1.807) is 22.9 Å². The van der Waals surface area contributed by atoms with Gasteiger partial charge in [-0.3, -0.25) is 14.6 Å². The average Bonchev–Trinajstić information content (AvgIpc) is 3.41. The number of aryl methyl sites for hydroxylation is 2. The number of nitrogens with one attached hydrogen (secondary N) is 1. The molecule has 30 heavy (non-hydrogen) atoms. The quantitative estimate of drug-likeness (QED) is 0.654. The van der Waals surface area contributed by atoms with Crippen LogP contribution in [0.3, 0.4) is 0 Å². The lowest BCUT2D eigenvalue weighted by Gasteiger charge is -2.23.